The van der Waals surface area contributed by atoms with Crippen molar-refractivity contribution >= 4 is 35.8 Å². The number of cyclic esters (lactones) is 1. The molecule has 13 rings (SSSR count). The zero-order valence-corrected chi connectivity index (χ0v) is 49.3. The van der Waals surface area contributed by atoms with E-state index in [4.69, 9.17) is 28.8 Å². The van der Waals surface area contributed by atoms with Gasteiger partial charge >= 0.3 is 35.8 Å². The van der Waals surface area contributed by atoms with Crippen molar-refractivity contribution < 1.29 is 67.8 Å². The van der Waals surface area contributed by atoms with Crippen molar-refractivity contribution in [3.63, 3.8) is 0 Å². The number of ether oxygens (including phenoxy) is 5. The minimum Gasteiger partial charge on any atom is -0.481 e. The van der Waals surface area contributed by atoms with Crippen LogP contribution in [0.1, 0.15) is 245 Å². The Morgan fingerprint density at radius 1 is 0.526 bits per heavy atom. The Labute approximate surface area is 455 Å². The fourth-order valence-corrected chi connectivity index (χ4v) is 16.3. The quantitative estimate of drug-likeness (QED) is 0.109. The van der Waals surface area contributed by atoms with Gasteiger partial charge in [-0.2, -0.15) is 0 Å². The fraction of sp³-hybridized carbons (Fsp3) is 0.903. The summed E-state index contributed by atoms with van der Waals surface area (Å²) < 4.78 is 28.7. The minimum atomic E-state index is -0.842. The lowest BCUT2D eigenvalue weighted by Gasteiger charge is -2.62. The van der Waals surface area contributed by atoms with E-state index >= 15 is 0 Å². The van der Waals surface area contributed by atoms with Gasteiger partial charge in [0.1, 0.15) is 16.8 Å². The zero-order chi connectivity index (χ0) is 56.5. The number of aliphatic hydroxyl groups is 2. The molecule has 76 heavy (non-hydrogen) atoms. The lowest BCUT2D eigenvalue weighted by atomic mass is 9.46. The van der Waals surface area contributed by atoms with Gasteiger partial charge in [-0.1, -0.05) is 27.7 Å². The predicted molar refractivity (Wildman–Crippen MR) is 286 cm³/mol. The Kier molecular flexibility index (Phi) is 16.7. The summed E-state index contributed by atoms with van der Waals surface area (Å²) in [5, 5.41) is 29.8. The Hall–Kier alpha value is -3.26. The van der Waals surface area contributed by atoms with E-state index in [0.717, 1.165) is 82.0 Å². The average Bonchev–Trinajstić information content (AvgIpc) is 3.70. The van der Waals surface area contributed by atoms with Crippen molar-refractivity contribution in [3.8, 4) is 0 Å². The molecule has 14 heteroatoms. The molecule has 0 radical (unpaired) electrons. The topological polar surface area (TPSA) is 209 Å². The van der Waals surface area contributed by atoms with Crippen LogP contribution in [-0.2, 0) is 52.5 Å². The van der Waals surface area contributed by atoms with E-state index in [9.17, 15) is 39.0 Å². The Bertz CT molecular complexity index is 2130. The van der Waals surface area contributed by atoms with E-state index in [1.54, 1.807) is 13.8 Å². The van der Waals surface area contributed by atoms with Gasteiger partial charge in [0.2, 0.25) is 6.10 Å². The number of esters is 5. The van der Waals surface area contributed by atoms with Crippen LogP contribution in [0.25, 0.3) is 0 Å². The molecule has 1 aliphatic heterocycles. The van der Waals surface area contributed by atoms with Crippen LogP contribution in [0.5, 0.6) is 0 Å². The highest BCUT2D eigenvalue weighted by Crippen LogP contribution is 2.66. The van der Waals surface area contributed by atoms with E-state index in [2.05, 4.69) is 20.8 Å². The van der Waals surface area contributed by atoms with Gasteiger partial charge in [-0.3, -0.25) is 24.0 Å². The maximum atomic E-state index is 13.1. The van der Waals surface area contributed by atoms with Gasteiger partial charge in [0.25, 0.3) is 0 Å². The number of carbonyl (C=O) groups excluding carboxylic acids is 5. The van der Waals surface area contributed by atoms with Crippen LogP contribution in [0.3, 0.4) is 0 Å². The summed E-state index contributed by atoms with van der Waals surface area (Å²) in [5.41, 5.74) is -5.50. The summed E-state index contributed by atoms with van der Waals surface area (Å²) >= 11 is 0. The molecule has 14 nitrogen and oxygen atoms in total. The molecule has 12 aliphatic carbocycles. The minimum absolute atomic E-state index is 0.00857. The van der Waals surface area contributed by atoms with E-state index in [0.29, 0.717) is 63.4 Å². The van der Waals surface area contributed by atoms with E-state index in [1.807, 2.05) is 62.3 Å². The molecule has 3 N–H and O–H groups in total. The molecule has 0 amide bonds. The number of hydrogen-bond acceptors (Lipinski definition) is 13. The van der Waals surface area contributed by atoms with E-state index < -0.39 is 62.1 Å². The molecule has 13 aliphatic rings. The van der Waals surface area contributed by atoms with Gasteiger partial charge in [0.15, 0.2) is 0 Å². The Morgan fingerprint density at radius 2 is 0.947 bits per heavy atom. The standard InChI is InChI=1S/C21H30O6.C19H32O2.C16H26O4.C6H12O2/c1-4-19(2,3)17(23)27-21-10-13-7-14(11-21)9-20(8-13,12-21)18(24)26-15-5-6-25-16(15)22;1-6-17(2,3)16(20)21-18(4,5)19-10-13-7-14(11-19)9-15(8-13)12-19;1-4-13(2,3)12(17)20-16-7-11-5-14(18,9-16)8-15(19,6-11)10-16;1-4-6(2,3)5(7)8/h13-15H,4-12H2,1-3H3;13-15H,6-12H2,1-5H3;11,18-19H,4-10H2,1-3H3;4H2,1-3H3,(H,7,8). The summed E-state index contributed by atoms with van der Waals surface area (Å²) in [6.07, 6.45) is 19.3. The lowest BCUT2D eigenvalue weighted by Crippen LogP contribution is -2.67. The molecule has 0 aromatic carbocycles. The van der Waals surface area contributed by atoms with Gasteiger partial charge in [-0.05, 0) is 220 Å². The number of aliphatic carboxylic acids is 1. The number of rotatable bonds is 14. The van der Waals surface area contributed by atoms with Gasteiger partial charge in [0.05, 0.1) is 44.9 Å². The lowest BCUT2D eigenvalue weighted by molar-refractivity contribution is -0.264. The summed E-state index contributed by atoms with van der Waals surface area (Å²) in [5.74, 6) is 1.89. The molecular weight excluding hydrogens is 969 g/mol. The maximum Gasteiger partial charge on any atom is 0.347 e. The van der Waals surface area contributed by atoms with Crippen LogP contribution in [-0.4, -0.2) is 91.9 Å². The third-order valence-electron chi connectivity index (χ3n) is 21.6. The first kappa shape index (κ1) is 60.4. The van der Waals surface area contributed by atoms with Crippen LogP contribution in [0.15, 0.2) is 0 Å². The molecule has 0 aromatic heterocycles. The van der Waals surface area contributed by atoms with Crippen molar-refractivity contribution in [2.24, 2.45) is 68.0 Å². The van der Waals surface area contributed by atoms with Gasteiger partial charge in [-0.25, -0.2) is 4.79 Å². The Morgan fingerprint density at radius 3 is 1.34 bits per heavy atom. The fourth-order valence-electron chi connectivity index (χ4n) is 16.3. The smallest absolute Gasteiger partial charge is 0.347 e. The van der Waals surface area contributed by atoms with Crippen LogP contribution in [0, 0.1) is 68.0 Å². The molecule has 5 unspecified atom stereocenters. The normalized spacial score (nSPS) is 38.3. The molecule has 12 saturated carbocycles. The van der Waals surface area contributed by atoms with E-state index in [1.165, 1.54) is 38.5 Å². The number of carboxylic acid groups (broad SMARTS) is 1. The first-order valence-electron chi connectivity index (χ1n) is 29.7. The van der Waals surface area contributed by atoms with Crippen molar-refractivity contribution in [1.29, 1.82) is 0 Å². The highest BCUT2D eigenvalue weighted by molar-refractivity contribution is 5.84. The zero-order valence-electron chi connectivity index (χ0n) is 49.3. The van der Waals surface area contributed by atoms with Gasteiger partial charge in [0, 0.05) is 37.5 Å². The van der Waals surface area contributed by atoms with Crippen molar-refractivity contribution in [2.45, 2.75) is 279 Å². The molecule has 5 atom stereocenters. The second-order valence-electron chi connectivity index (χ2n) is 30.0. The molecule has 12 bridgehead atoms. The summed E-state index contributed by atoms with van der Waals surface area (Å²) in [4.78, 5) is 72.8. The second-order valence-corrected chi connectivity index (χ2v) is 30.0. The van der Waals surface area contributed by atoms with Crippen LogP contribution < -0.4 is 0 Å². The SMILES string of the molecule is CCC(C)(C)C(=O)O.CCC(C)(C)C(=O)OC(C)(C)C12CC3CC(CC(C3)C1)C2.CCC(C)(C)C(=O)OC12CC3CC(C1)CC(C(=O)OC1CCOC1=O)(C3)C2.CCC(C)(C)C(=O)OC12CC3CC(O)(CC(O)(C3)C1)C2. The van der Waals surface area contributed by atoms with Gasteiger partial charge < -0.3 is 39.0 Å². The molecule has 13 fully saturated rings. The average molecular weight is 1070 g/mol. The molecule has 1 heterocycles. The molecular formula is C62H100O14. The monoisotopic (exact) mass is 1070 g/mol. The number of hydrogen-bond donors (Lipinski definition) is 3. The third-order valence-corrected chi connectivity index (χ3v) is 21.6. The van der Waals surface area contributed by atoms with Crippen LogP contribution in [0.2, 0.25) is 0 Å². The number of carbonyl (C=O) groups is 6. The Balaban J connectivity index is 0.000000156. The van der Waals surface area contributed by atoms with Crippen molar-refractivity contribution in [1.82, 2.24) is 0 Å². The molecule has 0 spiro atoms. The summed E-state index contributed by atoms with van der Waals surface area (Å²) in [6, 6.07) is 0. The van der Waals surface area contributed by atoms with Crippen molar-refractivity contribution in [3.05, 3.63) is 0 Å². The van der Waals surface area contributed by atoms with E-state index in [-0.39, 0.29) is 46.2 Å². The molecule has 1 saturated heterocycles. The predicted octanol–water partition coefficient (Wildman–Crippen LogP) is 11.8. The first-order valence-corrected chi connectivity index (χ1v) is 29.7. The van der Waals surface area contributed by atoms with Crippen molar-refractivity contribution in [2.75, 3.05) is 6.61 Å². The van der Waals surface area contributed by atoms with Crippen LogP contribution >= 0.6 is 0 Å². The van der Waals surface area contributed by atoms with Gasteiger partial charge in [-0.15, -0.1) is 0 Å². The maximum absolute atomic E-state index is 13.1. The van der Waals surface area contributed by atoms with Crippen LogP contribution in [0.4, 0.5) is 0 Å². The second kappa shape index (κ2) is 21.0. The molecule has 0 aromatic rings. The molecule has 432 valence electrons. The number of carboxylic acids is 1. The first-order chi connectivity index (χ1) is 34.9. The summed E-state index contributed by atoms with van der Waals surface area (Å²) in [7, 11) is 0. The largest absolute Gasteiger partial charge is 0.481 e. The third kappa shape index (κ3) is 12.4. The highest BCUT2D eigenvalue weighted by atomic mass is 16.6. The summed E-state index contributed by atoms with van der Waals surface area (Å²) in [6.45, 7) is 27.6. The highest BCUT2D eigenvalue weighted by Gasteiger charge is 2.66.